The minimum absolute atomic E-state index is 0.161. The summed E-state index contributed by atoms with van der Waals surface area (Å²) in [6, 6.07) is 8.12. The molecule has 2 rings (SSSR count). The van der Waals surface area contributed by atoms with Gasteiger partial charge in [-0.2, -0.15) is 0 Å². The first-order valence-electron chi connectivity index (χ1n) is 7.58. The minimum Gasteiger partial charge on any atom is -0.467 e. The smallest absolute Gasteiger partial charge is 0.189 e. The van der Waals surface area contributed by atoms with Crippen molar-refractivity contribution in [1.82, 2.24) is 4.98 Å². The van der Waals surface area contributed by atoms with Crippen LogP contribution in [0.4, 0.5) is 0 Å². The van der Waals surface area contributed by atoms with Crippen molar-refractivity contribution in [1.29, 1.82) is 0 Å². The van der Waals surface area contributed by atoms with Crippen LogP contribution >= 0.6 is 34.8 Å². The van der Waals surface area contributed by atoms with Gasteiger partial charge in [-0.1, -0.05) is 54.4 Å². The Morgan fingerprint density at radius 2 is 1.75 bits per heavy atom. The zero-order valence-corrected chi connectivity index (χ0v) is 17.2. The molecule has 0 fully saturated rings. The Bertz CT molecular complexity index is 705. The molecule has 24 heavy (non-hydrogen) atoms. The fourth-order valence-corrected chi connectivity index (χ4v) is 3.23. The molecule has 0 unspecified atom stereocenters. The van der Waals surface area contributed by atoms with Crippen molar-refractivity contribution in [2.24, 2.45) is 0 Å². The van der Waals surface area contributed by atoms with Gasteiger partial charge in [0, 0.05) is 32.5 Å². The van der Waals surface area contributed by atoms with Gasteiger partial charge in [0.25, 0.3) is 0 Å². The van der Waals surface area contributed by atoms with Crippen molar-refractivity contribution >= 4 is 42.9 Å². The van der Waals surface area contributed by atoms with Crippen molar-refractivity contribution in [2.75, 3.05) is 13.4 Å². The van der Waals surface area contributed by atoms with E-state index in [1.54, 1.807) is 24.4 Å². The maximum absolute atomic E-state index is 6.15. The lowest BCUT2D eigenvalue weighted by atomic mass is 10.1. The van der Waals surface area contributed by atoms with E-state index in [0.717, 1.165) is 17.2 Å². The molecule has 0 saturated heterocycles. The molecule has 0 saturated carbocycles. The predicted octanol–water partition coefficient (Wildman–Crippen LogP) is 6.40. The summed E-state index contributed by atoms with van der Waals surface area (Å²) >= 11 is 18.2. The number of aromatic nitrogens is 1. The van der Waals surface area contributed by atoms with E-state index in [-0.39, 0.29) is 6.79 Å². The third-order valence-corrected chi connectivity index (χ3v) is 5.99. The van der Waals surface area contributed by atoms with Crippen LogP contribution in [0.1, 0.15) is 0 Å². The van der Waals surface area contributed by atoms with Crippen LogP contribution in [0.5, 0.6) is 5.75 Å². The van der Waals surface area contributed by atoms with Crippen LogP contribution in [0.15, 0.2) is 30.5 Å². The molecule has 1 heterocycles. The molecule has 1 aromatic carbocycles. The number of pyridine rings is 1. The van der Waals surface area contributed by atoms with Crippen molar-refractivity contribution in [3.05, 3.63) is 45.7 Å². The third kappa shape index (κ3) is 5.94. The second kappa shape index (κ2) is 8.54. The molecule has 0 spiro atoms. The van der Waals surface area contributed by atoms with Gasteiger partial charge in [0.1, 0.15) is 10.9 Å². The van der Waals surface area contributed by atoms with Crippen LogP contribution in [-0.4, -0.2) is 26.5 Å². The number of ether oxygens (including phenoxy) is 2. The second-order valence-corrected chi connectivity index (χ2v) is 13.4. The summed E-state index contributed by atoms with van der Waals surface area (Å²) in [6.45, 7) is 7.77. The first-order valence-corrected chi connectivity index (χ1v) is 12.4. The molecule has 0 aliphatic rings. The van der Waals surface area contributed by atoms with Gasteiger partial charge in [-0.25, -0.2) is 4.98 Å². The van der Waals surface area contributed by atoms with Crippen LogP contribution in [0.25, 0.3) is 11.1 Å². The van der Waals surface area contributed by atoms with Gasteiger partial charge in [-0.3, -0.25) is 0 Å². The second-order valence-electron chi connectivity index (χ2n) is 6.61. The fourth-order valence-electron chi connectivity index (χ4n) is 1.99. The maximum Gasteiger partial charge on any atom is 0.189 e. The number of rotatable bonds is 7. The van der Waals surface area contributed by atoms with E-state index < -0.39 is 8.07 Å². The summed E-state index contributed by atoms with van der Waals surface area (Å²) < 4.78 is 11.4. The molecule has 2 aromatic rings. The van der Waals surface area contributed by atoms with Gasteiger partial charge >= 0.3 is 0 Å². The molecule has 1 aromatic heterocycles. The number of benzene rings is 1. The van der Waals surface area contributed by atoms with Crippen molar-refractivity contribution < 1.29 is 9.47 Å². The van der Waals surface area contributed by atoms with Crippen molar-refractivity contribution in [2.45, 2.75) is 25.7 Å². The van der Waals surface area contributed by atoms with Gasteiger partial charge in [-0.05, 0) is 29.8 Å². The van der Waals surface area contributed by atoms with Gasteiger partial charge in [0.15, 0.2) is 6.79 Å². The highest BCUT2D eigenvalue weighted by Crippen LogP contribution is 2.37. The molecule has 0 N–H and O–H groups in total. The van der Waals surface area contributed by atoms with E-state index in [0.29, 0.717) is 27.6 Å². The zero-order valence-electron chi connectivity index (χ0n) is 13.9. The Labute approximate surface area is 158 Å². The standard InChI is InChI=1S/C17H20Cl3NO2Si/c1-24(2,3)7-6-22-11-23-16-10-15(19)14(18)9-13(16)12-4-5-21-17(20)8-12/h4-5,8-10H,6-7,11H2,1-3H3. The zero-order chi connectivity index (χ0) is 17.7. The van der Waals surface area contributed by atoms with Crippen LogP contribution < -0.4 is 4.74 Å². The van der Waals surface area contributed by atoms with Gasteiger partial charge < -0.3 is 9.47 Å². The molecule has 130 valence electrons. The van der Waals surface area contributed by atoms with E-state index in [9.17, 15) is 0 Å². The normalized spacial score (nSPS) is 11.6. The summed E-state index contributed by atoms with van der Waals surface area (Å²) in [4.78, 5) is 3.99. The Balaban J connectivity index is 2.12. The molecule has 0 radical (unpaired) electrons. The van der Waals surface area contributed by atoms with Crippen molar-refractivity contribution in [3.63, 3.8) is 0 Å². The average molecular weight is 405 g/mol. The Morgan fingerprint density at radius 3 is 2.42 bits per heavy atom. The molecule has 0 amide bonds. The van der Waals surface area contributed by atoms with Gasteiger partial charge in [0.2, 0.25) is 0 Å². The number of nitrogens with zero attached hydrogens (tertiary/aromatic N) is 1. The predicted molar refractivity (Wildman–Crippen MR) is 104 cm³/mol. The Morgan fingerprint density at radius 1 is 1.04 bits per heavy atom. The summed E-state index contributed by atoms with van der Waals surface area (Å²) in [7, 11) is -1.11. The lowest BCUT2D eigenvalue weighted by Gasteiger charge is -2.17. The fraction of sp³-hybridized carbons (Fsp3) is 0.353. The highest BCUT2D eigenvalue weighted by atomic mass is 35.5. The van der Waals surface area contributed by atoms with Crippen LogP contribution in [0, 0.1) is 0 Å². The number of halogens is 3. The Kier molecular flexibility index (Phi) is 6.95. The highest BCUT2D eigenvalue weighted by Gasteiger charge is 2.14. The quantitative estimate of drug-likeness (QED) is 0.231. The first kappa shape index (κ1) is 19.5. The molecule has 0 bridgehead atoms. The molecule has 3 nitrogen and oxygen atoms in total. The maximum atomic E-state index is 6.15. The van der Waals surface area contributed by atoms with E-state index in [2.05, 4.69) is 24.6 Å². The Hall–Kier alpha value is -0.783. The summed E-state index contributed by atoms with van der Waals surface area (Å²) in [5.41, 5.74) is 1.65. The molecular formula is C17H20Cl3NO2Si. The first-order chi connectivity index (χ1) is 11.3. The van der Waals surface area contributed by atoms with E-state index in [1.807, 2.05) is 6.07 Å². The van der Waals surface area contributed by atoms with E-state index >= 15 is 0 Å². The lowest BCUT2D eigenvalue weighted by molar-refractivity contribution is 0.0224. The summed E-state index contributed by atoms with van der Waals surface area (Å²) in [5.74, 6) is 0.597. The summed E-state index contributed by atoms with van der Waals surface area (Å²) in [5, 5.41) is 1.28. The van der Waals surface area contributed by atoms with Crippen molar-refractivity contribution in [3.8, 4) is 16.9 Å². The minimum atomic E-state index is -1.11. The van der Waals surface area contributed by atoms with E-state index in [4.69, 9.17) is 44.3 Å². The topological polar surface area (TPSA) is 31.4 Å². The molecule has 0 atom stereocenters. The average Bonchev–Trinajstić information content (AvgIpc) is 2.49. The van der Waals surface area contributed by atoms with Crippen LogP contribution in [-0.2, 0) is 4.74 Å². The van der Waals surface area contributed by atoms with Crippen LogP contribution in [0.3, 0.4) is 0 Å². The molecule has 0 aliphatic carbocycles. The number of hydrogen-bond acceptors (Lipinski definition) is 3. The van der Waals surface area contributed by atoms with E-state index in [1.165, 1.54) is 0 Å². The van der Waals surface area contributed by atoms with Crippen LogP contribution in [0.2, 0.25) is 40.9 Å². The highest BCUT2D eigenvalue weighted by molar-refractivity contribution is 6.76. The third-order valence-electron chi connectivity index (χ3n) is 3.35. The molecular weight excluding hydrogens is 385 g/mol. The molecule has 7 heteroatoms. The summed E-state index contributed by atoms with van der Waals surface area (Å²) in [6.07, 6.45) is 1.63. The van der Waals surface area contributed by atoms with Gasteiger partial charge in [0.05, 0.1) is 10.0 Å². The lowest BCUT2D eigenvalue weighted by Crippen LogP contribution is -2.22. The SMILES string of the molecule is C[Si](C)(C)CCOCOc1cc(Cl)c(Cl)cc1-c1ccnc(Cl)c1. The molecule has 0 aliphatic heterocycles. The number of hydrogen-bond donors (Lipinski definition) is 0. The largest absolute Gasteiger partial charge is 0.467 e. The monoisotopic (exact) mass is 403 g/mol. The van der Waals surface area contributed by atoms with Gasteiger partial charge in [-0.15, -0.1) is 0 Å².